The average Bonchev–Trinajstić information content (AvgIpc) is 2.56. The lowest BCUT2D eigenvalue weighted by Gasteiger charge is -2.07. The quantitative estimate of drug-likeness (QED) is 0.590. The Morgan fingerprint density at radius 3 is 2.26 bits per heavy atom. The van der Waals surface area contributed by atoms with Crippen molar-refractivity contribution in [2.45, 2.75) is 11.3 Å². The largest absolute Gasteiger partial charge is 0.484 e. The summed E-state index contributed by atoms with van der Waals surface area (Å²) in [6, 6.07) is 11.8. The second-order valence-electron chi connectivity index (χ2n) is 4.75. The summed E-state index contributed by atoms with van der Waals surface area (Å²) in [5.41, 5.74) is 0. The van der Waals surface area contributed by atoms with Crippen LogP contribution in [0.2, 0.25) is 0 Å². The van der Waals surface area contributed by atoms with Gasteiger partial charge in [-0.15, -0.1) is 11.8 Å². The predicted molar refractivity (Wildman–Crippen MR) is 86.6 cm³/mol. The maximum atomic E-state index is 12.7. The fourth-order valence-electron chi connectivity index (χ4n) is 1.75. The normalized spacial score (nSPS) is 10.3. The maximum Gasteiger partial charge on any atom is 0.257 e. The summed E-state index contributed by atoms with van der Waals surface area (Å²) < 4.78 is 30.7. The molecule has 3 nitrogen and oxygen atoms in total. The minimum atomic E-state index is -0.347. The van der Waals surface area contributed by atoms with Gasteiger partial charge in [-0.05, 0) is 60.7 Å². The number of thioether (sulfide) groups is 1. The maximum absolute atomic E-state index is 12.7. The van der Waals surface area contributed by atoms with Crippen molar-refractivity contribution in [3.8, 4) is 5.75 Å². The van der Waals surface area contributed by atoms with Gasteiger partial charge in [-0.1, -0.05) is 0 Å². The van der Waals surface area contributed by atoms with Gasteiger partial charge in [0.25, 0.3) is 5.91 Å². The van der Waals surface area contributed by atoms with Gasteiger partial charge in [0, 0.05) is 11.4 Å². The molecular formula is C17H17F2NO2S. The number of halogens is 2. The SMILES string of the molecule is O=C(COc1ccc(F)cc1)NCCCSc1ccc(F)cc1. The molecule has 0 fully saturated rings. The topological polar surface area (TPSA) is 38.3 Å². The summed E-state index contributed by atoms with van der Waals surface area (Å²) in [7, 11) is 0. The molecule has 0 saturated carbocycles. The van der Waals surface area contributed by atoms with Crippen LogP contribution in [0, 0.1) is 11.6 Å². The number of carbonyl (C=O) groups excluding carboxylic acids is 1. The highest BCUT2D eigenvalue weighted by Crippen LogP contribution is 2.18. The van der Waals surface area contributed by atoms with E-state index in [2.05, 4.69) is 5.32 Å². The van der Waals surface area contributed by atoms with Crippen molar-refractivity contribution in [3.05, 3.63) is 60.2 Å². The third-order valence-corrected chi connectivity index (χ3v) is 4.01. The second-order valence-corrected chi connectivity index (χ2v) is 5.92. The Hall–Kier alpha value is -2.08. The van der Waals surface area contributed by atoms with Gasteiger partial charge < -0.3 is 10.1 Å². The Morgan fingerprint density at radius 1 is 1.00 bits per heavy atom. The lowest BCUT2D eigenvalue weighted by molar-refractivity contribution is -0.123. The molecule has 0 spiro atoms. The average molecular weight is 337 g/mol. The second kappa shape index (κ2) is 9.15. The molecule has 0 aliphatic heterocycles. The molecule has 1 amide bonds. The Labute approximate surface area is 138 Å². The third kappa shape index (κ3) is 6.69. The molecule has 0 heterocycles. The van der Waals surface area contributed by atoms with Crippen LogP contribution in [-0.2, 0) is 4.79 Å². The predicted octanol–water partition coefficient (Wildman–Crippen LogP) is 3.64. The Balaban J connectivity index is 1.56. The van der Waals surface area contributed by atoms with Crippen LogP contribution in [0.15, 0.2) is 53.4 Å². The molecule has 0 aliphatic carbocycles. The smallest absolute Gasteiger partial charge is 0.257 e. The summed E-state index contributed by atoms with van der Waals surface area (Å²) in [5, 5.41) is 2.75. The standard InChI is InChI=1S/C17H17F2NO2S/c18-13-2-6-15(7-3-13)22-12-17(21)20-10-1-11-23-16-8-4-14(19)5-9-16/h2-9H,1,10-12H2,(H,20,21). The molecule has 0 radical (unpaired) electrons. The molecule has 6 heteroatoms. The van der Waals surface area contributed by atoms with Gasteiger partial charge >= 0.3 is 0 Å². The summed E-state index contributed by atoms with van der Waals surface area (Å²) in [4.78, 5) is 12.6. The number of carbonyl (C=O) groups is 1. The van der Waals surface area contributed by atoms with Crippen LogP contribution in [-0.4, -0.2) is 24.8 Å². The number of hydrogen-bond donors (Lipinski definition) is 1. The zero-order valence-electron chi connectivity index (χ0n) is 12.4. The molecule has 23 heavy (non-hydrogen) atoms. The first-order valence-corrected chi connectivity index (χ1v) is 8.15. The van der Waals surface area contributed by atoms with Crippen molar-refractivity contribution in [1.29, 1.82) is 0 Å². The van der Waals surface area contributed by atoms with E-state index in [0.717, 1.165) is 17.1 Å². The van der Waals surface area contributed by atoms with Gasteiger partial charge in [-0.25, -0.2) is 8.78 Å². The van der Waals surface area contributed by atoms with Crippen molar-refractivity contribution < 1.29 is 18.3 Å². The van der Waals surface area contributed by atoms with Crippen molar-refractivity contribution >= 4 is 17.7 Å². The van der Waals surface area contributed by atoms with E-state index in [1.54, 1.807) is 23.9 Å². The van der Waals surface area contributed by atoms with Crippen LogP contribution in [0.4, 0.5) is 8.78 Å². The highest BCUT2D eigenvalue weighted by atomic mass is 32.2. The van der Waals surface area contributed by atoms with Crippen LogP contribution < -0.4 is 10.1 Å². The van der Waals surface area contributed by atoms with Crippen molar-refractivity contribution in [1.82, 2.24) is 5.32 Å². The van der Waals surface area contributed by atoms with Crippen molar-refractivity contribution in [3.63, 3.8) is 0 Å². The molecule has 1 N–H and O–H groups in total. The van der Waals surface area contributed by atoms with E-state index in [9.17, 15) is 13.6 Å². The lowest BCUT2D eigenvalue weighted by Crippen LogP contribution is -2.29. The molecule has 0 unspecified atom stereocenters. The molecule has 122 valence electrons. The third-order valence-electron chi connectivity index (χ3n) is 2.91. The molecule has 0 aliphatic rings. The molecule has 2 aromatic carbocycles. The van der Waals surface area contributed by atoms with E-state index >= 15 is 0 Å². The Bertz CT molecular complexity index is 617. The molecule has 0 atom stereocenters. The van der Waals surface area contributed by atoms with Crippen molar-refractivity contribution in [2.75, 3.05) is 18.9 Å². The monoisotopic (exact) mass is 337 g/mol. The number of benzene rings is 2. The number of hydrogen-bond acceptors (Lipinski definition) is 3. The van der Waals surface area contributed by atoms with E-state index in [1.165, 1.54) is 36.4 Å². The summed E-state index contributed by atoms with van der Waals surface area (Å²) in [6.07, 6.45) is 0.796. The molecular weight excluding hydrogens is 320 g/mol. The zero-order chi connectivity index (χ0) is 16.5. The summed E-state index contributed by atoms with van der Waals surface area (Å²) in [6.45, 7) is 0.441. The van der Waals surface area contributed by atoms with Crippen LogP contribution in [0.3, 0.4) is 0 Å². The van der Waals surface area contributed by atoms with Gasteiger partial charge in [-0.2, -0.15) is 0 Å². The van der Waals surface area contributed by atoms with E-state index in [0.29, 0.717) is 12.3 Å². The number of amides is 1. The van der Waals surface area contributed by atoms with Crippen LogP contribution in [0.5, 0.6) is 5.75 Å². The minimum Gasteiger partial charge on any atom is -0.484 e. The summed E-state index contributed by atoms with van der Waals surface area (Å²) >= 11 is 1.61. The van der Waals surface area contributed by atoms with Gasteiger partial charge in [0.15, 0.2) is 6.61 Å². The van der Waals surface area contributed by atoms with Gasteiger partial charge in [0.1, 0.15) is 17.4 Å². The number of ether oxygens (including phenoxy) is 1. The summed E-state index contributed by atoms with van der Waals surface area (Å²) in [5.74, 6) is 0.461. The highest BCUT2D eigenvalue weighted by Gasteiger charge is 2.02. The Kier molecular flexibility index (Phi) is 6.87. The van der Waals surface area contributed by atoms with Crippen LogP contribution in [0.1, 0.15) is 6.42 Å². The highest BCUT2D eigenvalue weighted by molar-refractivity contribution is 7.99. The number of rotatable bonds is 8. The van der Waals surface area contributed by atoms with E-state index in [1.807, 2.05) is 0 Å². The van der Waals surface area contributed by atoms with Crippen LogP contribution >= 0.6 is 11.8 Å². The molecule has 0 bridgehead atoms. The van der Waals surface area contributed by atoms with Gasteiger partial charge in [-0.3, -0.25) is 4.79 Å². The van der Waals surface area contributed by atoms with E-state index < -0.39 is 0 Å². The fourth-order valence-corrected chi connectivity index (χ4v) is 2.60. The zero-order valence-corrected chi connectivity index (χ0v) is 13.2. The van der Waals surface area contributed by atoms with Gasteiger partial charge in [0.05, 0.1) is 0 Å². The van der Waals surface area contributed by atoms with E-state index in [4.69, 9.17) is 4.74 Å². The first-order chi connectivity index (χ1) is 11.1. The minimum absolute atomic E-state index is 0.100. The first-order valence-electron chi connectivity index (χ1n) is 7.17. The molecule has 0 saturated heterocycles. The molecule has 2 rings (SSSR count). The molecule has 2 aromatic rings. The van der Waals surface area contributed by atoms with Crippen LogP contribution in [0.25, 0.3) is 0 Å². The van der Waals surface area contributed by atoms with Gasteiger partial charge in [0.2, 0.25) is 0 Å². The Morgan fingerprint density at radius 2 is 1.61 bits per heavy atom. The van der Waals surface area contributed by atoms with E-state index in [-0.39, 0.29) is 24.1 Å². The lowest BCUT2D eigenvalue weighted by atomic mass is 10.3. The fraction of sp³-hybridized carbons (Fsp3) is 0.235. The number of nitrogens with one attached hydrogen (secondary N) is 1. The molecule has 0 aromatic heterocycles. The van der Waals surface area contributed by atoms with Crippen molar-refractivity contribution in [2.24, 2.45) is 0 Å². The first kappa shape index (κ1) is 17.3.